The van der Waals surface area contributed by atoms with E-state index >= 15 is 0 Å². The monoisotopic (exact) mass is 386 g/mol. The van der Waals surface area contributed by atoms with E-state index in [1.807, 2.05) is 38.1 Å². The fourth-order valence-electron chi connectivity index (χ4n) is 3.16. The summed E-state index contributed by atoms with van der Waals surface area (Å²) >= 11 is 0. The minimum absolute atomic E-state index is 0.0636. The summed E-state index contributed by atoms with van der Waals surface area (Å²) < 4.78 is 27.7. The second kappa shape index (κ2) is 7.72. The van der Waals surface area contributed by atoms with Gasteiger partial charge in [-0.1, -0.05) is 38.1 Å². The molecule has 0 unspecified atom stereocenters. The number of amides is 1. The van der Waals surface area contributed by atoms with Crippen LogP contribution < -0.4 is 10.0 Å². The summed E-state index contributed by atoms with van der Waals surface area (Å²) in [6, 6.07) is 14.0. The van der Waals surface area contributed by atoms with Gasteiger partial charge >= 0.3 is 0 Å². The Morgan fingerprint density at radius 2 is 1.63 bits per heavy atom. The molecule has 0 spiro atoms. The molecule has 0 aliphatic heterocycles. The van der Waals surface area contributed by atoms with Crippen molar-refractivity contribution in [1.29, 1.82) is 0 Å². The van der Waals surface area contributed by atoms with E-state index in [0.717, 1.165) is 36.8 Å². The number of sulfonamides is 1. The van der Waals surface area contributed by atoms with Crippen LogP contribution in [0.2, 0.25) is 0 Å². The lowest BCUT2D eigenvalue weighted by molar-refractivity contribution is -0.123. The minimum Gasteiger partial charge on any atom is -0.355 e. The molecule has 5 nitrogen and oxygen atoms in total. The molecule has 0 radical (unpaired) electrons. The lowest BCUT2D eigenvalue weighted by Crippen LogP contribution is -2.35. The van der Waals surface area contributed by atoms with Crippen LogP contribution in [0.15, 0.2) is 53.4 Å². The normalized spacial score (nSPS) is 15.2. The number of nitrogens with one attached hydrogen (secondary N) is 2. The van der Waals surface area contributed by atoms with Crippen molar-refractivity contribution in [2.45, 2.75) is 49.8 Å². The van der Waals surface area contributed by atoms with Crippen LogP contribution in [-0.4, -0.2) is 20.9 Å². The molecule has 1 aliphatic rings. The number of carbonyl (C=O) groups excluding carboxylic acids is 1. The summed E-state index contributed by atoms with van der Waals surface area (Å²) in [7, 11) is -3.63. The Hall–Kier alpha value is -2.34. The van der Waals surface area contributed by atoms with Gasteiger partial charge in [-0.05, 0) is 61.1 Å². The smallest absolute Gasteiger partial charge is 0.261 e. The third-order valence-electron chi connectivity index (χ3n) is 5.05. The summed E-state index contributed by atoms with van der Waals surface area (Å²) in [5.41, 5.74) is 2.08. The standard InChI is InChI=1S/C21H26N2O3S/c1-3-15-22-20(24)21(13-14-21)17-7-9-18(10-8-17)23-27(25,26)19-11-5-16(4-2)6-12-19/h5-12,23H,3-4,13-15H2,1-2H3,(H,22,24). The second-order valence-electron chi connectivity index (χ2n) is 7.02. The predicted molar refractivity (Wildman–Crippen MR) is 107 cm³/mol. The summed E-state index contributed by atoms with van der Waals surface area (Å²) in [4.78, 5) is 12.7. The van der Waals surface area contributed by atoms with Gasteiger partial charge in [0.05, 0.1) is 10.3 Å². The highest BCUT2D eigenvalue weighted by molar-refractivity contribution is 7.92. The van der Waals surface area contributed by atoms with Crippen LogP contribution in [-0.2, 0) is 26.7 Å². The summed E-state index contributed by atoms with van der Waals surface area (Å²) in [6.45, 7) is 4.73. The Balaban J connectivity index is 1.73. The van der Waals surface area contributed by atoms with Gasteiger partial charge in [-0.2, -0.15) is 0 Å². The molecular formula is C21H26N2O3S. The maximum Gasteiger partial charge on any atom is 0.261 e. The first-order chi connectivity index (χ1) is 12.9. The van der Waals surface area contributed by atoms with E-state index in [1.54, 1.807) is 24.3 Å². The molecule has 0 bridgehead atoms. The molecule has 1 amide bonds. The number of anilines is 1. The summed E-state index contributed by atoms with van der Waals surface area (Å²) in [6.07, 6.45) is 3.43. The number of hydrogen-bond acceptors (Lipinski definition) is 3. The summed E-state index contributed by atoms with van der Waals surface area (Å²) in [5, 5.41) is 2.97. The number of aryl methyl sites for hydroxylation is 1. The molecule has 0 atom stereocenters. The van der Waals surface area contributed by atoms with Gasteiger partial charge in [0, 0.05) is 12.2 Å². The van der Waals surface area contributed by atoms with Gasteiger partial charge in [-0.3, -0.25) is 9.52 Å². The minimum atomic E-state index is -3.63. The lowest BCUT2D eigenvalue weighted by Gasteiger charge is -2.16. The Bertz CT molecular complexity index is 899. The maximum absolute atomic E-state index is 12.5. The van der Waals surface area contributed by atoms with Crippen molar-refractivity contribution < 1.29 is 13.2 Å². The zero-order valence-corrected chi connectivity index (χ0v) is 16.6. The highest BCUT2D eigenvalue weighted by Gasteiger charge is 2.50. The van der Waals surface area contributed by atoms with Crippen LogP contribution in [0.4, 0.5) is 5.69 Å². The second-order valence-corrected chi connectivity index (χ2v) is 8.70. The Morgan fingerprint density at radius 1 is 1.00 bits per heavy atom. The molecule has 2 N–H and O–H groups in total. The first-order valence-electron chi connectivity index (χ1n) is 9.42. The number of rotatable bonds is 8. The molecule has 0 heterocycles. The van der Waals surface area contributed by atoms with Gasteiger partial charge < -0.3 is 5.32 Å². The molecule has 1 fully saturated rings. The van der Waals surface area contributed by atoms with Gasteiger partial charge in [-0.25, -0.2) is 8.42 Å². The molecule has 6 heteroatoms. The van der Waals surface area contributed by atoms with E-state index in [1.165, 1.54) is 0 Å². The van der Waals surface area contributed by atoms with Crippen molar-refractivity contribution in [3.8, 4) is 0 Å². The number of hydrogen-bond donors (Lipinski definition) is 2. The molecule has 27 heavy (non-hydrogen) atoms. The molecule has 1 aliphatic carbocycles. The zero-order chi connectivity index (χ0) is 19.5. The van der Waals surface area contributed by atoms with E-state index in [4.69, 9.17) is 0 Å². The fourth-order valence-corrected chi connectivity index (χ4v) is 4.21. The predicted octanol–water partition coefficient (Wildman–Crippen LogP) is 3.61. The molecule has 0 aromatic heterocycles. The summed E-state index contributed by atoms with van der Waals surface area (Å²) in [5.74, 6) is 0.0636. The van der Waals surface area contributed by atoms with Crippen LogP contribution in [0.3, 0.4) is 0 Å². The molecular weight excluding hydrogens is 360 g/mol. The highest BCUT2D eigenvalue weighted by atomic mass is 32.2. The molecule has 0 saturated heterocycles. The number of carbonyl (C=O) groups is 1. The van der Waals surface area contributed by atoms with E-state index in [-0.39, 0.29) is 10.8 Å². The average molecular weight is 387 g/mol. The SMILES string of the molecule is CCCNC(=O)C1(c2ccc(NS(=O)(=O)c3ccc(CC)cc3)cc2)CC1. The van der Waals surface area contributed by atoms with E-state index < -0.39 is 15.4 Å². The lowest BCUT2D eigenvalue weighted by atomic mass is 9.95. The third-order valence-corrected chi connectivity index (χ3v) is 6.45. The van der Waals surface area contributed by atoms with Gasteiger partial charge in [0.25, 0.3) is 10.0 Å². The number of benzene rings is 2. The van der Waals surface area contributed by atoms with Gasteiger partial charge in [0.1, 0.15) is 0 Å². The van der Waals surface area contributed by atoms with Crippen molar-refractivity contribution in [3.63, 3.8) is 0 Å². The van der Waals surface area contributed by atoms with Gasteiger partial charge in [0.2, 0.25) is 5.91 Å². The fraction of sp³-hybridized carbons (Fsp3) is 0.381. The van der Waals surface area contributed by atoms with Crippen LogP contribution in [0.25, 0.3) is 0 Å². The van der Waals surface area contributed by atoms with Crippen LogP contribution in [0.1, 0.15) is 44.2 Å². The Kier molecular flexibility index (Phi) is 5.56. The van der Waals surface area contributed by atoms with E-state index in [2.05, 4.69) is 10.0 Å². The Morgan fingerprint density at radius 3 is 2.15 bits per heavy atom. The van der Waals surface area contributed by atoms with Crippen LogP contribution >= 0.6 is 0 Å². The van der Waals surface area contributed by atoms with Crippen molar-refractivity contribution in [1.82, 2.24) is 5.32 Å². The molecule has 3 rings (SSSR count). The van der Waals surface area contributed by atoms with Crippen molar-refractivity contribution in [2.24, 2.45) is 0 Å². The maximum atomic E-state index is 12.5. The molecule has 1 saturated carbocycles. The Labute approximate surface area is 161 Å². The van der Waals surface area contributed by atoms with Gasteiger partial charge in [-0.15, -0.1) is 0 Å². The largest absolute Gasteiger partial charge is 0.355 e. The molecule has 144 valence electrons. The van der Waals surface area contributed by atoms with Crippen molar-refractivity contribution in [3.05, 3.63) is 59.7 Å². The molecule has 2 aromatic carbocycles. The van der Waals surface area contributed by atoms with E-state index in [9.17, 15) is 13.2 Å². The third kappa shape index (κ3) is 4.16. The van der Waals surface area contributed by atoms with Crippen molar-refractivity contribution in [2.75, 3.05) is 11.3 Å². The average Bonchev–Trinajstić information content (AvgIpc) is 3.48. The highest BCUT2D eigenvalue weighted by Crippen LogP contribution is 2.48. The van der Waals surface area contributed by atoms with Crippen LogP contribution in [0, 0.1) is 0 Å². The molecule has 2 aromatic rings. The van der Waals surface area contributed by atoms with Crippen LogP contribution in [0.5, 0.6) is 0 Å². The first kappa shape index (κ1) is 19.4. The topological polar surface area (TPSA) is 75.3 Å². The van der Waals surface area contributed by atoms with Gasteiger partial charge in [0.15, 0.2) is 0 Å². The van der Waals surface area contributed by atoms with Crippen molar-refractivity contribution >= 4 is 21.6 Å². The quantitative estimate of drug-likeness (QED) is 0.728. The first-order valence-corrected chi connectivity index (χ1v) is 10.9. The van der Waals surface area contributed by atoms with E-state index in [0.29, 0.717) is 12.2 Å². The zero-order valence-electron chi connectivity index (χ0n) is 15.8.